The number of carbonyl (C=O) groups excluding carboxylic acids is 2. The smallest absolute Gasteiger partial charge is 0.338 e. The predicted octanol–water partition coefficient (Wildman–Crippen LogP) is 4.68. The molecule has 1 aromatic heterocycles. The van der Waals surface area contributed by atoms with Crippen LogP contribution in [0, 0.1) is 19.7 Å². The van der Waals surface area contributed by atoms with Crippen LogP contribution >= 0.6 is 0 Å². The highest BCUT2D eigenvalue weighted by Crippen LogP contribution is 2.28. The van der Waals surface area contributed by atoms with E-state index in [0.29, 0.717) is 35.1 Å². The minimum atomic E-state index is -0.643. The monoisotopic (exact) mass is 425 g/mol. The summed E-state index contributed by atoms with van der Waals surface area (Å²) in [6.07, 6.45) is 0. The second-order valence-electron chi connectivity index (χ2n) is 6.90. The summed E-state index contributed by atoms with van der Waals surface area (Å²) >= 11 is 0. The van der Waals surface area contributed by atoms with Gasteiger partial charge in [-0.15, -0.1) is 0 Å². The average Bonchev–Trinajstić information content (AvgIpc) is 3.06. The molecule has 1 heterocycles. The van der Waals surface area contributed by atoms with Crippen molar-refractivity contribution in [2.24, 2.45) is 0 Å². The normalized spacial score (nSPS) is 10.6. The van der Waals surface area contributed by atoms with Crippen molar-refractivity contribution in [3.8, 4) is 17.2 Å². The van der Waals surface area contributed by atoms with Gasteiger partial charge in [0.15, 0.2) is 18.1 Å². The number of rotatable bonds is 8. The molecule has 0 atom stereocenters. The Morgan fingerprint density at radius 3 is 2.48 bits per heavy atom. The lowest BCUT2D eigenvalue weighted by atomic mass is 10.1. The number of ether oxygens (including phenoxy) is 3. The number of esters is 1. The van der Waals surface area contributed by atoms with Crippen LogP contribution in [-0.4, -0.2) is 36.6 Å². The molecule has 0 amide bonds. The highest BCUT2D eigenvalue weighted by atomic mass is 19.1. The van der Waals surface area contributed by atoms with Crippen LogP contribution in [0.15, 0.2) is 48.5 Å². The van der Waals surface area contributed by atoms with E-state index in [1.807, 2.05) is 13.8 Å². The summed E-state index contributed by atoms with van der Waals surface area (Å²) in [4.78, 5) is 25.2. The fraction of sp³-hybridized carbons (Fsp3) is 0.250. The number of hydrogen-bond acceptors (Lipinski definition) is 5. The molecule has 0 spiro atoms. The van der Waals surface area contributed by atoms with E-state index < -0.39 is 12.6 Å². The van der Waals surface area contributed by atoms with E-state index in [1.165, 1.54) is 25.3 Å². The third kappa shape index (κ3) is 4.77. The van der Waals surface area contributed by atoms with Crippen LogP contribution in [0.25, 0.3) is 5.69 Å². The zero-order valence-electron chi connectivity index (χ0n) is 17.9. The van der Waals surface area contributed by atoms with Gasteiger partial charge in [0, 0.05) is 22.6 Å². The SMILES string of the molecule is CCOc1cc(C(=O)OCC(=O)c2cc(C)n(-c3cccc(F)c3)c2C)ccc1OC. The number of benzene rings is 2. The van der Waals surface area contributed by atoms with Gasteiger partial charge in [0.2, 0.25) is 5.78 Å². The molecular weight excluding hydrogens is 401 g/mol. The lowest BCUT2D eigenvalue weighted by molar-refractivity contribution is 0.0474. The van der Waals surface area contributed by atoms with Crippen LogP contribution in [0.1, 0.15) is 39.0 Å². The molecule has 3 rings (SSSR count). The number of ketones is 1. The van der Waals surface area contributed by atoms with Gasteiger partial charge in [-0.2, -0.15) is 0 Å². The topological polar surface area (TPSA) is 66.8 Å². The van der Waals surface area contributed by atoms with Crippen molar-refractivity contribution >= 4 is 11.8 Å². The van der Waals surface area contributed by atoms with Crippen LogP contribution < -0.4 is 9.47 Å². The van der Waals surface area contributed by atoms with E-state index in [1.54, 1.807) is 41.8 Å². The summed E-state index contributed by atoms with van der Waals surface area (Å²) in [6, 6.07) is 12.5. The van der Waals surface area contributed by atoms with Gasteiger partial charge in [-0.25, -0.2) is 9.18 Å². The Hall–Kier alpha value is -3.61. The average molecular weight is 425 g/mol. The Morgan fingerprint density at radius 2 is 1.81 bits per heavy atom. The number of halogens is 1. The van der Waals surface area contributed by atoms with Crippen molar-refractivity contribution in [2.45, 2.75) is 20.8 Å². The molecule has 0 aliphatic carbocycles. The first-order valence-corrected chi connectivity index (χ1v) is 9.81. The van der Waals surface area contributed by atoms with Crippen LogP contribution in [0.4, 0.5) is 4.39 Å². The molecule has 0 N–H and O–H groups in total. The number of aryl methyl sites for hydroxylation is 1. The third-order valence-electron chi connectivity index (χ3n) is 4.83. The van der Waals surface area contributed by atoms with Crippen molar-refractivity contribution in [3.05, 3.63) is 76.9 Å². The number of methoxy groups -OCH3 is 1. The highest BCUT2D eigenvalue weighted by Gasteiger charge is 2.19. The summed E-state index contributed by atoms with van der Waals surface area (Å²) in [7, 11) is 1.51. The fourth-order valence-corrected chi connectivity index (χ4v) is 3.42. The Kier molecular flexibility index (Phi) is 6.74. The molecule has 0 saturated heterocycles. The Labute approximate surface area is 180 Å². The van der Waals surface area contributed by atoms with E-state index in [0.717, 1.165) is 5.69 Å². The summed E-state index contributed by atoms with van der Waals surface area (Å²) in [5, 5.41) is 0. The first kappa shape index (κ1) is 22.1. The van der Waals surface area contributed by atoms with Crippen molar-refractivity contribution in [2.75, 3.05) is 20.3 Å². The van der Waals surface area contributed by atoms with Crippen LogP contribution in [0.3, 0.4) is 0 Å². The van der Waals surface area contributed by atoms with E-state index in [2.05, 4.69) is 0 Å². The van der Waals surface area contributed by atoms with Gasteiger partial charge in [-0.3, -0.25) is 4.79 Å². The van der Waals surface area contributed by atoms with E-state index in [-0.39, 0.29) is 17.2 Å². The van der Waals surface area contributed by atoms with Gasteiger partial charge in [-0.1, -0.05) is 6.07 Å². The number of carbonyl (C=O) groups is 2. The molecule has 0 radical (unpaired) electrons. The van der Waals surface area contributed by atoms with Crippen molar-refractivity contribution in [1.82, 2.24) is 4.57 Å². The van der Waals surface area contributed by atoms with Crippen molar-refractivity contribution in [1.29, 1.82) is 0 Å². The quantitative estimate of drug-likeness (QED) is 0.387. The van der Waals surface area contributed by atoms with E-state index >= 15 is 0 Å². The maximum Gasteiger partial charge on any atom is 0.338 e. The highest BCUT2D eigenvalue weighted by molar-refractivity contribution is 6.00. The molecule has 3 aromatic rings. The lowest BCUT2D eigenvalue weighted by Crippen LogP contribution is -2.15. The Balaban J connectivity index is 1.75. The van der Waals surface area contributed by atoms with E-state index in [4.69, 9.17) is 14.2 Å². The standard InChI is InChI=1S/C24H24FNO5/c1-5-30-23-12-17(9-10-22(23)29-4)24(28)31-14-21(27)20-11-15(2)26(16(20)3)19-8-6-7-18(25)13-19/h6-13H,5,14H2,1-4H3. The summed E-state index contributed by atoms with van der Waals surface area (Å²) in [5.74, 6) is -0.431. The minimum Gasteiger partial charge on any atom is -0.493 e. The molecular formula is C24H24FNO5. The molecule has 2 aromatic carbocycles. The summed E-state index contributed by atoms with van der Waals surface area (Å²) in [6.45, 7) is 5.41. The number of hydrogen-bond donors (Lipinski definition) is 0. The largest absolute Gasteiger partial charge is 0.493 e. The molecule has 0 saturated carbocycles. The molecule has 7 heteroatoms. The molecule has 162 valence electrons. The van der Waals surface area contributed by atoms with Crippen molar-refractivity contribution in [3.63, 3.8) is 0 Å². The number of aromatic nitrogens is 1. The van der Waals surface area contributed by atoms with Crippen LogP contribution in [0.2, 0.25) is 0 Å². The fourth-order valence-electron chi connectivity index (χ4n) is 3.42. The zero-order chi connectivity index (χ0) is 22.5. The minimum absolute atomic E-state index is 0.252. The zero-order valence-corrected chi connectivity index (χ0v) is 17.9. The maximum atomic E-state index is 13.6. The number of Topliss-reactive ketones (excluding diaryl/α,β-unsaturated/α-hetero) is 1. The van der Waals surface area contributed by atoms with Gasteiger partial charge < -0.3 is 18.8 Å². The van der Waals surface area contributed by atoms with E-state index in [9.17, 15) is 14.0 Å². The lowest BCUT2D eigenvalue weighted by Gasteiger charge is -2.11. The molecule has 0 aliphatic heterocycles. The van der Waals surface area contributed by atoms with Crippen LogP contribution in [-0.2, 0) is 4.74 Å². The van der Waals surface area contributed by atoms with Gasteiger partial charge in [0.1, 0.15) is 5.82 Å². The predicted molar refractivity (Wildman–Crippen MR) is 114 cm³/mol. The third-order valence-corrected chi connectivity index (χ3v) is 4.83. The summed E-state index contributed by atoms with van der Waals surface area (Å²) < 4.78 is 31.3. The molecule has 0 bridgehead atoms. The summed E-state index contributed by atoms with van der Waals surface area (Å²) in [5.41, 5.74) is 2.70. The van der Waals surface area contributed by atoms with Gasteiger partial charge >= 0.3 is 5.97 Å². The maximum absolute atomic E-state index is 13.6. The Morgan fingerprint density at radius 1 is 1.03 bits per heavy atom. The first-order chi connectivity index (χ1) is 14.8. The van der Waals surface area contributed by atoms with Gasteiger partial charge in [0.05, 0.1) is 19.3 Å². The molecule has 0 fully saturated rings. The molecule has 0 unspecified atom stereocenters. The van der Waals surface area contributed by atoms with Gasteiger partial charge in [0.25, 0.3) is 0 Å². The molecule has 31 heavy (non-hydrogen) atoms. The number of nitrogens with zero attached hydrogens (tertiary/aromatic N) is 1. The molecule has 6 nitrogen and oxygen atoms in total. The first-order valence-electron chi connectivity index (χ1n) is 9.81. The van der Waals surface area contributed by atoms with Gasteiger partial charge in [-0.05, 0) is 63.2 Å². The van der Waals surface area contributed by atoms with Crippen molar-refractivity contribution < 1.29 is 28.2 Å². The second-order valence-corrected chi connectivity index (χ2v) is 6.90. The van der Waals surface area contributed by atoms with Crippen LogP contribution in [0.5, 0.6) is 11.5 Å². The Bertz CT molecular complexity index is 1120. The molecule has 0 aliphatic rings. The second kappa shape index (κ2) is 9.47.